The molecule has 2 aromatic carbocycles. The maximum Gasteiger partial charge on any atom is 0.261 e. The van der Waals surface area contributed by atoms with Crippen LogP contribution in [-0.2, 0) is 35.6 Å². The molecule has 2 fully saturated rings. The van der Waals surface area contributed by atoms with Crippen LogP contribution in [0, 0.1) is 0 Å². The number of carbonyl (C=O) groups excluding carboxylic acids is 2. The number of ether oxygens (including phenoxy) is 3. The number of benzene rings is 2. The number of morpholine rings is 2. The van der Waals surface area contributed by atoms with Gasteiger partial charge in [-0.05, 0) is 48.9 Å². The summed E-state index contributed by atoms with van der Waals surface area (Å²) in [6.45, 7) is 7.05. The zero-order valence-electron chi connectivity index (χ0n) is 23.2. The Balaban J connectivity index is 1.37. The smallest absolute Gasteiger partial charge is 0.261 e. The van der Waals surface area contributed by atoms with Gasteiger partial charge in [0.2, 0.25) is 15.9 Å². The fourth-order valence-electron chi connectivity index (χ4n) is 4.55. The predicted octanol–water partition coefficient (Wildman–Crippen LogP) is 1.61. The average Bonchev–Trinajstić information content (AvgIpc) is 3.00. The molecule has 0 radical (unpaired) electrons. The normalized spacial score (nSPS) is 17.5. The summed E-state index contributed by atoms with van der Waals surface area (Å²) in [4.78, 5) is 30.2. The molecule has 1 unspecified atom stereocenters. The van der Waals surface area contributed by atoms with Crippen molar-refractivity contribution in [1.82, 2.24) is 19.4 Å². The minimum atomic E-state index is -3.64. The molecule has 2 aromatic rings. The van der Waals surface area contributed by atoms with Crippen LogP contribution in [-0.4, -0.2) is 113 Å². The van der Waals surface area contributed by atoms with Gasteiger partial charge in [0.15, 0.2) is 6.61 Å². The number of carbonyl (C=O) groups is 2. The summed E-state index contributed by atoms with van der Waals surface area (Å²) in [6.07, 6.45) is 0. The summed E-state index contributed by atoms with van der Waals surface area (Å²) >= 11 is 6.02. The largest absolute Gasteiger partial charge is 0.484 e. The summed E-state index contributed by atoms with van der Waals surface area (Å²) in [7, 11) is -3.64. The van der Waals surface area contributed by atoms with E-state index < -0.39 is 16.1 Å². The van der Waals surface area contributed by atoms with Crippen LogP contribution in [0.4, 0.5) is 0 Å². The molecule has 1 atom stereocenters. The summed E-state index contributed by atoms with van der Waals surface area (Å²) in [6, 6.07) is 12.3. The van der Waals surface area contributed by atoms with Gasteiger partial charge in [-0.2, -0.15) is 4.31 Å². The highest BCUT2D eigenvalue weighted by molar-refractivity contribution is 7.89. The van der Waals surface area contributed by atoms with Crippen molar-refractivity contribution in [2.75, 3.05) is 72.3 Å². The Morgan fingerprint density at radius 3 is 2.22 bits per heavy atom. The minimum Gasteiger partial charge on any atom is -0.484 e. The summed E-state index contributed by atoms with van der Waals surface area (Å²) < 4.78 is 43.4. The molecule has 2 saturated heterocycles. The molecule has 1 N–H and O–H groups in total. The number of sulfonamides is 1. The van der Waals surface area contributed by atoms with Crippen LogP contribution in [0.5, 0.6) is 5.75 Å². The number of nitrogens with zero attached hydrogens (tertiary/aromatic N) is 3. The lowest BCUT2D eigenvalue weighted by Gasteiger charge is -2.30. The van der Waals surface area contributed by atoms with E-state index in [4.69, 9.17) is 25.8 Å². The third-order valence-corrected chi connectivity index (χ3v) is 9.22. The van der Waals surface area contributed by atoms with Gasteiger partial charge in [0.1, 0.15) is 11.8 Å². The standard InChI is InChI=1S/C28H37ClN4O7S/c1-22(28(35)30-10-11-31-12-16-38-17-13-31)33(20-23-2-4-24(29)5-3-23)27(34)21-40-25-6-8-26(9-7-25)41(36,37)32-14-18-39-19-15-32/h2-9,22H,10-21H2,1H3,(H,30,35). The molecular weight excluding hydrogens is 572 g/mol. The molecule has 13 heteroatoms. The van der Waals surface area contributed by atoms with Gasteiger partial charge in [-0.15, -0.1) is 0 Å². The van der Waals surface area contributed by atoms with E-state index in [0.29, 0.717) is 63.4 Å². The number of halogens is 1. The van der Waals surface area contributed by atoms with E-state index in [0.717, 1.165) is 18.7 Å². The summed E-state index contributed by atoms with van der Waals surface area (Å²) in [5.74, 6) is -0.313. The molecule has 0 aromatic heterocycles. The van der Waals surface area contributed by atoms with E-state index >= 15 is 0 Å². The first-order chi connectivity index (χ1) is 19.7. The SMILES string of the molecule is CC(C(=O)NCCN1CCOCC1)N(Cc1ccc(Cl)cc1)C(=O)COc1ccc(S(=O)(=O)N2CCOCC2)cc1. The lowest BCUT2D eigenvalue weighted by atomic mass is 10.1. The fourth-order valence-corrected chi connectivity index (χ4v) is 6.08. The van der Waals surface area contributed by atoms with Gasteiger partial charge in [-0.1, -0.05) is 23.7 Å². The topological polar surface area (TPSA) is 118 Å². The van der Waals surface area contributed by atoms with Crippen molar-refractivity contribution >= 4 is 33.4 Å². The van der Waals surface area contributed by atoms with Crippen LogP contribution in [0.2, 0.25) is 5.02 Å². The second-order valence-electron chi connectivity index (χ2n) is 9.85. The van der Waals surface area contributed by atoms with Crippen molar-refractivity contribution in [2.24, 2.45) is 0 Å². The first-order valence-corrected chi connectivity index (χ1v) is 15.5. The first kappa shape index (κ1) is 31.2. The third-order valence-electron chi connectivity index (χ3n) is 7.06. The molecule has 41 heavy (non-hydrogen) atoms. The lowest BCUT2D eigenvalue weighted by Crippen LogP contribution is -2.50. The molecule has 224 valence electrons. The zero-order chi connectivity index (χ0) is 29.2. The van der Waals surface area contributed by atoms with Crippen molar-refractivity contribution in [3.05, 3.63) is 59.1 Å². The van der Waals surface area contributed by atoms with Crippen LogP contribution in [0.25, 0.3) is 0 Å². The maximum absolute atomic E-state index is 13.3. The molecule has 2 aliphatic heterocycles. The quantitative estimate of drug-likeness (QED) is 0.386. The van der Waals surface area contributed by atoms with Crippen LogP contribution >= 0.6 is 11.6 Å². The van der Waals surface area contributed by atoms with Crippen molar-refractivity contribution in [3.8, 4) is 5.75 Å². The number of hydrogen-bond donors (Lipinski definition) is 1. The van der Waals surface area contributed by atoms with E-state index in [1.54, 1.807) is 31.2 Å². The van der Waals surface area contributed by atoms with Gasteiger partial charge >= 0.3 is 0 Å². The molecule has 4 rings (SSSR count). The summed E-state index contributed by atoms with van der Waals surface area (Å²) in [5, 5.41) is 3.51. The maximum atomic E-state index is 13.3. The Morgan fingerprint density at radius 2 is 1.59 bits per heavy atom. The first-order valence-electron chi connectivity index (χ1n) is 13.7. The van der Waals surface area contributed by atoms with Gasteiger partial charge in [0.05, 0.1) is 31.3 Å². The monoisotopic (exact) mass is 608 g/mol. The lowest BCUT2D eigenvalue weighted by molar-refractivity contribution is -0.142. The van der Waals surface area contributed by atoms with Crippen LogP contribution in [0.3, 0.4) is 0 Å². The van der Waals surface area contributed by atoms with Crippen molar-refractivity contribution in [2.45, 2.75) is 24.4 Å². The second kappa shape index (κ2) is 14.9. The Kier molecular flexibility index (Phi) is 11.4. The number of nitrogens with one attached hydrogen (secondary N) is 1. The molecule has 0 bridgehead atoms. The highest BCUT2D eigenvalue weighted by Gasteiger charge is 2.28. The van der Waals surface area contributed by atoms with Crippen molar-refractivity contribution in [3.63, 3.8) is 0 Å². The van der Waals surface area contributed by atoms with Gasteiger partial charge in [0, 0.05) is 50.8 Å². The Hall–Kier alpha value is -2.74. The Morgan fingerprint density at radius 1 is 0.976 bits per heavy atom. The average molecular weight is 609 g/mol. The highest BCUT2D eigenvalue weighted by atomic mass is 35.5. The van der Waals surface area contributed by atoms with E-state index in [-0.39, 0.29) is 29.9 Å². The van der Waals surface area contributed by atoms with Gasteiger partial charge < -0.3 is 24.4 Å². The molecule has 2 amide bonds. The van der Waals surface area contributed by atoms with Crippen LogP contribution in [0.15, 0.2) is 53.4 Å². The molecule has 0 saturated carbocycles. The van der Waals surface area contributed by atoms with Gasteiger partial charge in [0.25, 0.3) is 5.91 Å². The van der Waals surface area contributed by atoms with E-state index in [9.17, 15) is 18.0 Å². The molecule has 2 aliphatic rings. The number of rotatable bonds is 12. The number of hydrogen-bond acceptors (Lipinski definition) is 8. The number of amides is 2. The summed E-state index contributed by atoms with van der Waals surface area (Å²) in [5.41, 5.74) is 0.813. The predicted molar refractivity (Wildman–Crippen MR) is 153 cm³/mol. The van der Waals surface area contributed by atoms with Crippen molar-refractivity contribution < 1.29 is 32.2 Å². The molecule has 0 spiro atoms. The molecule has 2 heterocycles. The highest BCUT2D eigenvalue weighted by Crippen LogP contribution is 2.21. The third kappa shape index (κ3) is 8.87. The van der Waals surface area contributed by atoms with Gasteiger partial charge in [-0.3, -0.25) is 14.5 Å². The van der Waals surface area contributed by atoms with Crippen molar-refractivity contribution in [1.29, 1.82) is 0 Å². The van der Waals surface area contributed by atoms with Crippen LogP contribution in [0.1, 0.15) is 12.5 Å². The molecule has 0 aliphatic carbocycles. The fraction of sp³-hybridized carbons (Fsp3) is 0.500. The molecular formula is C28H37ClN4O7S. The Labute approximate surface area is 246 Å². The second-order valence-corrected chi connectivity index (χ2v) is 12.2. The molecule has 11 nitrogen and oxygen atoms in total. The zero-order valence-corrected chi connectivity index (χ0v) is 24.7. The van der Waals surface area contributed by atoms with E-state index in [1.807, 2.05) is 0 Å². The van der Waals surface area contributed by atoms with E-state index in [2.05, 4.69) is 10.2 Å². The van der Waals surface area contributed by atoms with Gasteiger partial charge in [-0.25, -0.2) is 8.42 Å². The Bertz CT molecular complexity index is 1250. The minimum absolute atomic E-state index is 0.143. The van der Waals surface area contributed by atoms with E-state index in [1.165, 1.54) is 33.5 Å². The van der Waals surface area contributed by atoms with Crippen LogP contribution < -0.4 is 10.1 Å².